The summed E-state index contributed by atoms with van der Waals surface area (Å²) in [5.41, 5.74) is 4.87. The van der Waals surface area contributed by atoms with E-state index in [-0.39, 0.29) is 11.9 Å². The van der Waals surface area contributed by atoms with Crippen molar-refractivity contribution in [2.75, 3.05) is 6.61 Å². The Labute approximate surface area is 178 Å². The molecule has 7 heteroatoms. The molecule has 2 aromatic heterocycles. The molecule has 0 fully saturated rings. The number of aromatic nitrogens is 3. The molecule has 158 valence electrons. The first-order chi connectivity index (χ1) is 14.3. The summed E-state index contributed by atoms with van der Waals surface area (Å²) in [7, 11) is -1.11. The van der Waals surface area contributed by atoms with Gasteiger partial charge in [0, 0.05) is 14.7 Å². The number of hydrogen-bond acceptors (Lipinski definition) is 4. The zero-order valence-corrected chi connectivity index (χ0v) is 19.3. The van der Waals surface area contributed by atoms with Crippen LogP contribution in [0.1, 0.15) is 29.8 Å². The Hall–Kier alpha value is -2.51. The van der Waals surface area contributed by atoms with Crippen molar-refractivity contribution in [3.63, 3.8) is 0 Å². The number of amides is 1. The standard InChI is InChI=1S/C23H30N4O2Si/c1-17(18-8-6-5-7-9-18)26-15-21-19(13-23(26)28)12-22-20(25-21)14-24-27(22)16-29-10-11-30(2,3)4/h5-9,12,14,17H,10-11,13,15-16H2,1-4H3/t17-/m1/s1. The van der Waals surface area contributed by atoms with Crippen molar-refractivity contribution in [1.82, 2.24) is 19.7 Å². The van der Waals surface area contributed by atoms with Crippen molar-refractivity contribution in [2.24, 2.45) is 0 Å². The number of carbonyl (C=O) groups is 1. The molecule has 0 aliphatic carbocycles. The minimum atomic E-state index is -1.11. The quantitative estimate of drug-likeness (QED) is 0.418. The molecule has 1 amide bonds. The Morgan fingerprint density at radius 1 is 1.20 bits per heavy atom. The van der Waals surface area contributed by atoms with Crippen molar-refractivity contribution in [2.45, 2.75) is 58.3 Å². The predicted octanol–water partition coefficient (Wildman–Crippen LogP) is 4.39. The third-order valence-corrected chi connectivity index (χ3v) is 7.44. The molecule has 1 aliphatic rings. The number of nitrogens with zero attached hydrogens (tertiary/aromatic N) is 4. The van der Waals surface area contributed by atoms with Crippen molar-refractivity contribution in [1.29, 1.82) is 0 Å². The molecule has 0 radical (unpaired) electrons. The first-order valence-electron chi connectivity index (χ1n) is 10.6. The van der Waals surface area contributed by atoms with Gasteiger partial charge in [-0.1, -0.05) is 50.0 Å². The maximum atomic E-state index is 12.9. The van der Waals surface area contributed by atoms with E-state index >= 15 is 0 Å². The van der Waals surface area contributed by atoms with Gasteiger partial charge in [-0.25, -0.2) is 9.67 Å². The Morgan fingerprint density at radius 3 is 2.70 bits per heavy atom. The summed E-state index contributed by atoms with van der Waals surface area (Å²) in [6, 6.07) is 13.4. The summed E-state index contributed by atoms with van der Waals surface area (Å²) in [5, 5.41) is 4.46. The largest absolute Gasteiger partial charge is 0.360 e. The molecule has 0 saturated carbocycles. The van der Waals surface area contributed by atoms with Crippen LogP contribution in [0.15, 0.2) is 42.6 Å². The highest BCUT2D eigenvalue weighted by molar-refractivity contribution is 6.76. The summed E-state index contributed by atoms with van der Waals surface area (Å²) in [6.07, 6.45) is 2.16. The van der Waals surface area contributed by atoms with E-state index in [9.17, 15) is 4.79 Å². The van der Waals surface area contributed by atoms with E-state index in [1.54, 1.807) is 6.20 Å². The van der Waals surface area contributed by atoms with Crippen LogP contribution >= 0.6 is 0 Å². The zero-order chi connectivity index (χ0) is 21.3. The minimum Gasteiger partial charge on any atom is -0.360 e. The van der Waals surface area contributed by atoms with Gasteiger partial charge in [-0.05, 0) is 30.2 Å². The SMILES string of the molecule is C[C@H](c1ccccc1)N1Cc2nc3cnn(COCC[Si](C)(C)C)c3cc2CC1=O. The Morgan fingerprint density at radius 2 is 1.97 bits per heavy atom. The topological polar surface area (TPSA) is 60.3 Å². The normalized spacial score (nSPS) is 15.5. The summed E-state index contributed by atoms with van der Waals surface area (Å²) >= 11 is 0. The van der Waals surface area contributed by atoms with E-state index in [1.165, 1.54) is 0 Å². The Bertz CT molecular complexity index is 1040. The van der Waals surface area contributed by atoms with E-state index in [0.717, 1.165) is 40.5 Å². The molecule has 30 heavy (non-hydrogen) atoms. The van der Waals surface area contributed by atoms with Gasteiger partial charge in [0.1, 0.15) is 12.2 Å². The van der Waals surface area contributed by atoms with Crippen LogP contribution in [0, 0.1) is 0 Å². The Kier molecular flexibility index (Phi) is 5.75. The molecular weight excluding hydrogens is 392 g/mol. The van der Waals surface area contributed by atoms with Crippen molar-refractivity contribution in [3.05, 3.63) is 59.4 Å². The molecule has 1 aliphatic heterocycles. The number of carbonyl (C=O) groups excluding carboxylic acids is 1. The maximum absolute atomic E-state index is 12.9. The van der Waals surface area contributed by atoms with E-state index in [2.05, 4.69) is 49.9 Å². The number of rotatable bonds is 7. The average molecular weight is 423 g/mol. The molecule has 1 atom stereocenters. The maximum Gasteiger partial charge on any atom is 0.227 e. The van der Waals surface area contributed by atoms with Crippen molar-refractivity contribution < 1.29 is 9.53 Å². The van der Waals surface area contributed by atoms with Gasteiger partial charge in [0.05, 0.1) is 36.4 Å². The van der Waals surface area contributed by atoms with Crippen LogP contribution in [-0.4, -0.2) is 40.3 Å². The van der Waals surface area contributed by atoms with Gasteiger partial charge in [-0.15, -0.1) is 0 Å². The third kappa shape index (κ3) is 4.47. The number of ether oxygens (including phenoxy) is 1. The third-order valence-electron chi connectivity index (χ3n) is 5.74. The molecule has 0 N–H and O–H groups in total. The number of hydrogen-bond donors (Lipinski definition) is 0. The lowest BCUT2D eigenvalue weighted by Gasteiger charge is -2.33. The van der Waals surface area contributed by atoms with Gasteiger partial charge in [0.2, 0.25) is 5.91 Å². The molecule has 3 heterocycles. The molecule has 0 spiro atoms. The second-order valence-corrected chi connectivity index (χ2v) is 14.9. The first-order valence-corrected chi connectivity index (χ1v) is 14.3. The predicted molar refractivity (Wildman–Crippen MR) is 121 cm³/mol. The van der Waals surface area contributed by atoms with Crippen LogP contribution in [0.3, 0.4) is 0 Å². The number of fused-ring (bicyclic) bond motifs is 2. The average Bonchev–Trinajstić information content (AvgIpc) is 3.10. The summed E-state index contributed by atoms with van der Waals surface area (Å²) in [5.74, 6) is 0.137. The fourth-order valence-electron chi connectivity index (χ4n) is 3.79. The van der Waals surface area contributed by atoms with E-state index < -0.39 is 8.07 Å². The molecule has 0 unspecified atom stereocenters. The van der Waals surface area contributed by atoms with Crippen LogP contribution in [-0.2, 0) is 29.2 Å². The molecule has 0 bridgehead atoms. The van der Waals surface area contributed by atoms with Crippen molar-refractivity contribution >= 4 is 25.0 Å². The van der Waals surface area contributed by atoms with E-state index in [1.807, 2.05) is 27.8 Å². The van der Waals surface area contributed by atoms with E-state index in [0.29, 0.717) is 19.7 Å². The van der Waals surface area contributed by atoms with Crippen LogP contribution in [0.5, 0.6) is 0 Å². The number of benzene rings is 1. The van der Waals surface area contributed by atoms with Gasteiger partial charge >= 0.3 is 0 Å². The fraction of sp³-hybridized carbons (Fsp3) is 0.435. The number of pyridine rings is 1. The van der Waals surface area contributed by atoms with Gasteiger partial charge in [-0.2, -0.15) is 5.10 Å². The van der Waals surface area contributed by atoms with E-state index in [4.69, 9.17) is 9.72 Å². The highest BCUT2D eigenvalue weighted by Gasteiger charge is 2.29. The summed E-state index contributed by atoms with van der Waals surface area (Å²) in [6.45, 7) is 10.8. The molecule has 6 nitrogen and oxygen atoms in total. The lowest BCUT2D eigenvalue weighted by atomic mass is 9.99. The molecule has 0 saturated heterocycles. The Balaban J connectivity index is 1.51. The first kappa shape index (κ1) is 20.7. The van der Waals surface area contributed by atoms with Crippen LogP contribution in [0.25, 0.3) is 11.0 Å². The molecule has 4 rings (SSSR count). The van der Waals surface area contributed by atoms with Gasteiger partial charge in [0.15, 0.2) is 0 Å². The lowest BCUT2D eigenvalue weighted by molar-refractivity contribution is -0.134. The minimum absolute atomic E-state index is 0.0202. The van der Waals surface area contributed by atoms with Crippen LogP contribution in [0.4, 0.5) is 0 Å². The van der Waals surface area contributed by atoms with Crippen LogP contribution in [0.2, 0.25) is 25.7 Å². The zero-order valence-electron chi connectivity index (χ0n) is 18.3. The molecular formula is C23H30N4O2Si. The van der Waals surface area contributed by atoms with Crippen molar-refractivity contribution in [3.8, 4) is 0 Å². The molecule has 1 aromatic carbocycles. The monoisotopic (exact) mass is 422 g/mol. The second kappa shape index (κ2) is 8.32. The second-order valence-electron chi connectivity index (χ2n) is 9.28. The highest BCUT2D eigenvalue weighted by Crippen LogP contribution is 2.29. The highest BCUT2D eigenvalue weighted by atomic mass is 28.3. The smallest absolute Gasteiger partial charge is 0.227 e. The molecule has 3 aromatic rings. The van der Waals surface area contributed by atoms with Crippen LogP contribution < -0.4 is 0 Å². The lowest BCUT2D eigenvalue weighted by Crippen LogP contribution is -2.38. The van der Waals surface area contributed by atoms with Gasteiger partial charge in [0.25, 0.3) is 0 Å². The summed E-state index contributed by atoms with van der Waals surface area (Å²) in [4.78, 5) is 19.6. The van der Waals surface area contributed by atoms with Gasteiger partial charge < -0.3 is 9.64 Å². The fourth-order valence-corrected chi connectivity index (χ4v) is 4.54. The summed E-state index contributed by atoms with van der Waals surface area (Å²) < 4.78 is 7.70. The van der Waals surface area contributed by atoms with Gasteiger partial charge in [-0.3, -0.25) is 4.79 Å².